The van der Waals surface area contributed by atoms with E-state index in [1.807, 2.05) is 36.4 Å². The Bertz CT molecular complexity index is 471. The molecule has 0 aliphatic carbocycles. The van der Waals surface area contributed by atoms with E-state index in [0.29, 0.717) is 0 Å². The molecule has 1 N–H and O–H groups in total. The van der Waals surface area contributed by atoms with Crippen molar-refractivity contribution in [2.45, 2.75) is 6.54 Å². The van der Waals surface area contributed by atoms with Gasteiger partial charge in [-0.2, -0.15) is 0 Å². The van der Waals surface area contributed by atoms with Gasteiger partial charge in [0.1, 0.15) is 0 Å². The van der Waals surface area contributed by atoms with Gasteiger partial charge in [0, 0.05) is 16.7 Å². The van der Waals surface area contributed by atoms with Crippen molar-refractivity contribution in [3.8, 4) is 0 Å². The third kappa shape index (κ3) is 3.00. The first kappa shape index (κ1) is 11.5. The van der Waals surface area contributed by atoms with Crippen molar-refractivity contribution in [1.29, 1.82) is 0 Å². The van der Waals surface area contributed by atoms with Gasteiger partial charge in [-0.05, 0) is 39.7 Å². The first-order valence-corrected chi connectivity index (χ1v) is 6.15. The molecule has 0 unspecified atom stereocenters. The first-order chi connectivity index (χ1) is 7.75. The normalized spacial score (nSPS) is 10.1. The Morgan fingerprint density at radius 3 is 2.50 bits per heavy atom. The molecule has 82 valence electrons. The number of hydrogen-bond donors (Lipinski definition) is 1. The molecular formula is C13H11BrClN. The first-order valence-electron chi connectivity index (χ1n) is 4.98. The summed E-state index contributed by atoms with van der Waals surface area (Å²) in [6.45, 7) is 0.804. The molecule has 2 rings (SSSR count). The van der Waals surface area contributed by atoms with Gasteiger partial charge in [-0.1, -0.05) is 41.9 Å². The van der Waals surface area contributed by atoms with Crippen LogP contribution in [0.3, 0.4) is 0 Å². The molecule has 3 heteroatoms. The summed E-state index contributed by atoms with van der Waals surface area (Å²) in [6.07, 6.45) is 0. The maximum absolute atomic E-state index is 6.01. The van der Waals surface area contributed by atoms with Crippen LogP contribution in [0.1, 0.15) is 5.56 Å². The summed E-state index contributed by atoms with van der Waals surface area (Å²) < 4.78 is 0.916. The molecule has 2 aromatic carbocycles. The van der Waals surface area contributed by atoms with Crippen LogP contribution in [0.25, 0.3) is 0 Å². The zero-order chi connectivity index (χ0) is 11.4. The fourth-order valence-electron chi connectivity index (χ4n) is 1.41. The van der Waals surface area contributed by atoms with E-state index in [-0.39, 0.29) is 0 Å². The summed E-state index contributed by atoms with van der Waals surface area (Å²) in [5.41, 5.74) is 2.28. The highest BCUT2D eigenvalue weighted by Gasteiger charge is 1.98. The van der Waals surface area contributed by atoms with Crippen LogP contribution in [0.4, 0.5) is 5.69 Å². The van der Waals surface area contributed by atoms with Crippen LogP contribution in [0.15, 0.2) is 53.0 Å². The van der Waals surface area contributed by atoms with Gasteiger partial charge in [-0.3, -0.25) is 0 Å². The quantitative estimate of drug-likeness (QED) is 0.864. The summed E-state index contributed by atoms with van der Waals surface area (Å²) in [6, 6.07) is 16.1. The Morgan fingerprint density at radius 2 is 1.81 bits per heavy atom. The number of benzene rings is 2. The van der Waals surface area contributed by atoms with Gasteiger partial charge in [0.25, 0.3) is 0 Å². The average molecular weight is 297 g/mol. The van der Waals surface area contributed by atoms with Crippen LogP contribution in [0.2, 0.25) is 5.02 Å². The van der Waals surface area contributed by atoms with Crippen LogP contribution in [0, 0.1) is 0 Å². The molecule has 0 atom stereocenters. The Balaban J connectivity index is 2.03. The predicted octanol–water partition coefficient (Wildman–Crippen LogP) is 4.71. The van der Waals surface area contributed by atoms with Gasteiger partial charge in [-0.15, -0.1) is 0 Å². The Kier molecular flexibility index (Phi) is 3.86. The highest BCUT2D eigenvalue weighted by Crippen LogP contribution is 2.25. The highest BCUT2D eigenvalue weighted by molar-refractivity contribution is 9.10. The summed E-state index contributed by atoms with van der Waals surface area (Å²) in [7, 11) is 0. The van der Waals surface area contributed by atoms with Crippen molar-refractivity contribution in [1.82, 2.24) is 0 Å². The molecular weight excluding hydrogens is 286 g/mol. The minimum atomic E-state index is 0.720. The third-order valence-corrected chi connectivity index (χ3v) is 3.49. The van der Waals surface area contributed by atoms with E-state index in [2.05, 4.69) is 33.4 Å². The third-order valence-electron chi connectivity index (χ3n) is 2.26. The molecule has 0 saturated heterocycles. The highest BCUT2D eigenvalue weighted by atomic mass is 79.9. The summed E-state index contributed by atoms with van der Waals surface area (Å²) in [5.74, 6) is 0. The van der Waals surface area contributed by atoms with Crippen LogP contribution in [-0.2, 0) is 6.54 Å². The van der Waals surface area contributed by atoms with Crippen LogP contribution < -0.4 is 5.32 Å². The zero-order valence-corrected chi connectivity index (χ0v) is 10.9. The van der Waals surface area contributed by atoms with E-state index < -0.39 is 0 Å². The van der Waals surface area contributed by atoms with Crippen molar-refractivity contribution in [3.63, 3.8) is 0 Å². The fraction of sp³-hybridized carbons (Fsp3) is 0.0769. The van der Waals surface area contributed by atoms with Crippen LogP contribution in [-0.4, -0.2) is 0 Å². The van der Waals surface area contributed by atoms with E-state index in [1.165, 1.54) is 5.56 Å². The molecule has 1 nitrogen and oxygen atoms in total. The van der Waals surface area contributed by atoms with Crippen molar-refractivity contribution in [2.75, 3.05) is 5.32 Å². The van der Waals surface area contributed by atoms with Gasteiger partial charge < -0.3 is 5.32 Å². The topological polar surface area (TPSA) is 12.0 Å². The second-order valence-corrected chi connectivity index (χ2v) is 4.73. The van der Waals surface area contributed by atoms with E-state index in [0.717, 1.165) is 21.7 Å². The molecule has 0 aliphatic heterocycles. The van der Waals surface area contributed by atoms with E-state index in [1.54, 1.807) is 0 Å². The molecule has 0 heterocycles. The minimum absolute atomic E-state index is 0.720. The van der Waals surface area contributed by atoms with Crippen LogP contribution in [0.5, 0.6) is 0 Å². The minimum Gasteiger partial charge on any atom is -0.381 e. The Labute approximate surface area is 109 Å². The largest absolute Gasteiger partial charge is 0.381 e. The second-order valence-electron chi connectivity index (χ2n) is 3.47. The summed E-state index contributed by atoms with van der Waals surface area (Å²) >= 11 is 9.37. The molecule has 0 saturated carbocycles. The van der Waals surface area contributed by atoms with Gasteiger partial charge in [-0.25, -0.2) is 0 Å². The van der Waals surface area contributed by atoms with E-state index in [9.17, 15) is 0 Å². The molecule has 0 radical (unpaired) electrons. The summed E-state index contributed by atoms with van der Waals surface area (Å²) in [4.78, 5) is 0. The molecule has 0 fully saturated rings. The van der Waals surface area contributed by atoms with Gasteiger partial charge >= 0.3 is 0 Å². The molecule has 0 amide bonds. The number of halogens is 2. The lowest BCUT2D eigenvalue weighted by molar-refractivity contribution is 1.15. The number of rotatable bonds is 3. The smallest absolute Gasteiger partial charge is 0.0568 e. The van der Waals surface area contributed by atoms with Crippen molar-refractivity contribution < 1.29 is 0 Å². The fourth-order valence-corrected chi connectivity index (χ4v) is 1.83. The number of nitrogens with one attached hydrogen (secondary N) is 1. The van der Waals surface area contributed by atoms with Crippen molar-refractivity contribution >= 4 is 33.2 Å². The Hall–Kier alpha value is -0.990. The lowest BCUT2D eigenvalue weighted by atomic mass is 10.2. The molecule has 0 spiro atoms. The SMILES string of the molecule is Clc1cc(NCc2ccccc2)ccc1Br. The predicted molar refractivity (Wildman–Crippen MR) is 72.9 cm³/mol. The maximum atomic E-state index is 6.01. The lowest BCUT2D eigenvalue weighted by Gasteiger charge is -2.07. The van der Waals surface area contributed by atoms with E-state index >= 15 is 0 Å². The summed E-state index contributed by atoms with van der Waals surface area (Å²) in [5, 5.41) is 4.04. The molecule has 16 heavy (non-hydrogen) atoms. The lowest BCUT2D eigenvalue weighted by Crippen LogP contribution is -1.98. The molecule has 0 aliphatic rings. The number of hydrogen-bond acceptors (Lipinski definition) is 1. The monoisotopic (exact) mass is 295 g/mol. The van der Waals surface area contributed by atoms with Crippen molar-refractivity contribution in [3.05, 3.63) is 63.6 Å². The van der Waals surface area contributed by atoms with E-state index in [4.69, 9.17) is 11.6 Å². The molecule has 0 aromatic heterocycles. The number of anilines is 1. The Morgan fingerprint density at radius 1 is 1.06 bits per heavy atom. The van der Waals surface area contributed by atoms with Gasteiger partial charge in [0.05, 0.1) is 5.02 Å². The molecule has 0 bridgehead atoms. The standard InChI is InChI=1S/C13H11BrClN/c14-12-7-6-11(8-13(12)15)16-9-10-4-2-1-3-5-10/h1-8,16H,9H2. The van der Waals surface area contributed by atoms with Crippen molar-refractivity contribution in [2.24, 2.45) is 0 Å². The molecule has 2 aromatic rings. The van der Waals surface area contributed by atoms with Gasteiger partial charge in [0.2, 0.25) is 0 Å². The second kappa shape index (κ2) is 5.37. The zero-order valence-electron chi connectivity index (χ0n) is 8.58. The average Bonchev–Trinajstić information content (AvgIpc) is 2.32. The van der Waals surface area contributed by atoms with Gasteiger partial charge in [0.15, 0.2) is 0 Å². The van der Waals surface area contributed by atoms with Crippen LogP contribution >= 0.6 is 27.5 Å². The maximum Gasteiger partial charge on any atom is 0.0568 e.